The van der Waals surface area contributed by atoms with E-state index in [1.54, 1.807) is 12.3 Å². The van der Waals surface area contributed by atoms with Crippen LogP contribution in [0, 0.1) is 0 Å². The summed E-state index contributed by atoms with van der Waals surface area (Å²) in [6.45, 7) is 3.67. The van der Waals surface area contributed by atoms with E-state index in [2.05, 4.69) is 16.5 Å². The molecule has 2 rings (SSSR count). The third kappa shape index (κ3) is 2.15. The zero-order chi connectivity index (χ0) is 11.4. The van der Waals surface area contributed by atoms with Gasteiger partial charge in [-0.3, -0.25) is 0 Å². The fraction of sp³-hybridized carbons (Fsp3) is 0.0769. The summed E-state index contributed by atoms with van der Waals surface area (Å²) in [6, 6.07) is 9.47. The topological polar surface area (TPSA) is 46.0 Å². The number of hydrogen-bond acceptors (Lipinski definition) is 3. The fourth-order valence-corrected chi connectivity index (χ4v) is 1.46. The largest absolute Gasteiger partial charge is 0.392 e. The quantitative estimate of drug-likeness (QED) is 0.849. The van der Waals surface area contributed by atoms with Crippen LogP contribution in [0.5, 0.6) is 0 Å². The van der Waals surface area contributed by atoms with Gasteiger partial charge in [0.2, 0.25) is 0 Å². The monoisotopic (exact) mass is 212 g/mol. The van der Waals surface area contributed by atoms with E-state index in [9.17, 15) is 0 Å². The van der Waals surface area contributed by atoms with Gasteiger partial charge in [-0.25, -0.2) is 9.97 Å². The minimum atomic E-state index is 0.0350. The van der Waals surface area contributed by atoms with Crippen molar-refractivity contribution < 1.29 is 5.11 Å². The Morgan fingerprint density at radius 2 is 2.19 bits per heavy atom. The van der Waals surface area contributed by atoms with Crippen molar-refractivity contribution in [2.45, 2.75) is 6.61 Å². The van der Waals surface area contributed by atoms with Crippen LogP contribution in [-0.4, -0.2) is 15.1 Å². The highest BCUT2D eigenvalue weighted by Crippen LogP contribution is 2.18. The van der Waals surface area contributed by atoms with Crippen LogP contribution in [0.25, 0.3) is 17.3 Å². The van der Waals surface area contributed by atoms with Crippen LogP contribution >= 0.6 is 0 Å². The van der Waals surface area contributed by atoms with Gasteiger partial charge < -0.3 is 5.11 Å². The van der Waals surface area contributed by atoms with Crippen LogP contribution in [0.1, 0.15) is 11.4 Å². The molecule has 1 aromatic carbocycles. The maximum atomic E-state index is 9.06. The van der Waals surface area contributed by atoms with Crippen molar-refractivity contribution >= 4 is 6.08 Å². The predicted molar refractivity (Wildman–Crippen MR) is 63.5 cm³/mol. The highest BCUT2D eigenvalue weighted by molar-refractivity contribution is 5.60. The zero-order valence-electron chi connectivity index (χ0n) is 8.80. The molecular weight excluding hydrogens is 200 g/mol. The van der Waals surface area contributed by atoms with Crippen LogP contribution in [0.3, 0.4) is 0 Å². The van der Waals surface area contributed by atoms with Gasteiger partial charge in [-0.2, -0.15) is 0 Å². The Morgan fingerprint density at radius 1 is 1.31 bits per heavy atom. The Balaban J connectivity index is 2.45. The minimum absolute atomic E-state index is 0.0350. The standard InChI is InChI=1S/C13H12N2O/c1-2-13-14-7-6-12(15-13)11-5-3-4-10(8-11)9-16/h2-8,16H,1,9H2. The van der Waals surface area contributed by atoms with E-state index in [-0.39, 0.29) is 6.61 Å². The summed E-state index contributed by atoms with van der Waals surface area (Å²) in [5.74, 6) is 0.604. The van der Waals surface area contributed by atoms with Crippen LogP contribution < -0.4 is 0 Å². The third-order valence-electron chi connectivity index (χ3n) is 2.26. The summed E-state index contributed by atoms with van der Waals surface area (Å²) in [4.78, 5) is 8.37. The molecule has 1 N–H and O–H groups in total. The van der Waals surface area contributed by atoms with Crippen LogP contribution in [0.4, 0.5) is 0 Å². The summed E-state index contributed by atoms with van der Waals surface area (Å²) in [5, 5.41) is 9.06. The lowest BCUT2D eigenvalue weighted by molar-refractivity contribution is 0.282. The molecule has 0 aliphatic carbocycles. The van der Waals surface area contributed by atoms with Gasteiger partial charge in [0.15, 0.2) is 5.82 Å². The van der Waals surface area contributed by atoms with Gasteiger partial charge in [0.25, 0.3) is 0 Å². The molecule has 0 aliphatic rings. The van der Waals surface area contributed by atoms with Crippen molar-refractivity contribution in [3.05, 3.63) is 54.5 Å². The summed E-state index contributed by atoms with van der Waals surface area (Å²) < 4.78 is 0. The van der Waals surface area contributed by atoms with Crippen molar-refractivity contribution in [3.63, 3.8) is 0 Å². The molecule has 3 heteroatoms. The Kier molecular flexibility index (Phi) is 3.08. The Hall–Kier alpha value is -2.00. The Bertz CT molecular complexity index is 509. The first-order valence-corrected chi connectivity index (χ1v) is 4.99. The second-order valence-corrected chi connectivity index (χ2v) is 3.36. The van der Waals surface area contributed by atoms with E-state index >= 15 is 0 Å². The first-order valence-electron chi connectivity index (χ1n) is 4.99. The molecule has 80 valence electrons. The second-order valence-electron chi connectivity index (χ2n) is 3.36. The Morgan fingerprint density at radius 3 is 2.94 bits per heavy atom. The van der Waals surface area contributed by atoms with E-state index in [1.165, 1.54) is 0 Å². The molecule has 16 heavy (non-hydrogen) atoms. The zero-order valence-corrected chi connectivity index (χ0v) is 8.80. The first kappa shape index (κ1) is 10.5. The molecule has 0 unspecified atom stereocenters. The summed E-state index contributed by atoms with van der Waals surface area (Å²) in [6.07, 6.45) is 3.31. The molecule has 0 amide bonds. The smallest absolute Gasteiger partial charge is 0.151 e. The maximum Gasteiger partial charge on any atom is 0.151 e. The normalized spacial score (nSPS) is 10.1. The fourth-order valence-electron chi connectivity index (χ4n) is 1.46. The second kappa shape index (κ2) is 4.68. The molecule has 0 bridgehead atoms. The van der Waals surface area contributed by atoms with Gasteiger partial charge in [0.05, 0.1) is 12.3 Å². The van der Waals surface area contributed by atoms with Gasteiger partial charge in [-0.1, -0.05) is 24.8 Å². The first-order chi connectivity index (χ1) is 7.83. The number of rotatable bonds is 3. The summed E-state index contributed by atoms with van der Waals surface area (Å²) in [7, 11) is 0. The average molecular weight is 212 g/mol. The van der Waals surface area contributed by atoms with Gasteiger partial charge >= 0.3 is 0 Å². The number of aromatic nitrogens is 2. The number of hydrogen-bond donors (Lipinski definition) is 1. The van der Waals surface area contributed by atoms with Crippen LogP contribution in [0.2, 0.25) is 0 Å². The molecule has 0 saturated heterocycles. The lowest BCUT2D eigenvalue weighted by Gasteiger charge is -2.03. The van der Waals surface area contributed by atoms with Gasteiger partial charge in [-0.15, -0.1) is 0 Å². The van der Waals surface area contributed by atoms with E-state index in [4.69, 9.17) is 5.11 Å². The molecule has 0 radical (unpaired) electrons. The molecule has 2 aromatic rings. The third-order valence-corrected chi connectivity index (χ3v) is 2.26. The van der Waals surface area contributed by atoms with Gasteiger partial charge in [-0.05, 0) is 23.8 Å². The van der Waals surface area contributed by atoms with Crippen molar-refractivity contribution in [1.82, 2.24) is 9.97 Å². The van der Waals surface area contributed by atoms with Gasteiger partial charge in [0, 0.05) is 11.8 Å². The van der Waals surface area contributed by atoms with Crippen LogP contribution in [0.15, 0.2) is 43.1 Å². The summed E-state index contributed by atoms with van der Waals surface area (Å²) >= 11 is 0. The SMILES string of the molecule is C=Cc1nccc(-c2cccc(CO)c2)n1. The van der Waals surface area contributed by atoms with Crippen molar-refractivity contribution in [2.24, 2.45) is 0 Å². The molecule has 3 nitrogen and oxygen atoms in total. The molecule has 0 aliphatic heterocycles. The van der Waals surface area contributed by atoms with E-state index < -0.39 is 0 Å². The van der Waals surface area contributed by atoms with Crippen molar-refractivity contribution in [2.75, 3.05) is 0 Å². The summed E-state index contributed by atoms with van der Waals surface area (Å²) in [5.41, 5.74) is 2.67. The minimum Gasteiger partial charge on any atom is -0.392 e. The predicted octanol–water partition coefficient (Wildman–Crippen LogP) is 2.28. The average Bonchev–Trinajstić information content (AvgIpc) is 2.39. The highest BCUT2D eigenvalue weighted by Gasteiger charge is 2.01. The van der Waals surface area contributed by atoms with E-state index in [0.717, 1.165) is 16.8 Å². The number of aliphatic hydroxyl groups is 1. The lowest BCUT2D eigenvalue weighted by Crippen LogP contribution is -1.91. The number of nitrogens with zero attached hydrogens (tertiary/aromatic N) is 2. The Labute approximate surface area is 94.1 Å². The van der Waals surface area contributed by atoms with E-state index in [1.807, 2.05) is 30.3 Å². The molecule has 0 spiro atoms. The van der Waals surface area contributed by atoms with E-state index in [0.29, 0.717) is 5.82 Å². The molecule has 0 fully saturated rings. The molecule has 0 saturated carbocycles. The molecule has 0 atom stereocenters. The number of benzene rings is 1. The molecule has 1 aromatic heterocycles. The highest BCUT2D eigenvalue weighted by atomic mass is 16.3. The van der Waals surface area contributed by atoms with Crippen molar-refractivity contribution in [1.29, 1.82) is 0 Å². The number of aliphatic hydroxyl groups excluding tert-OH is 1. The van der Waals surface area contributed by atoms with Crippen molar-refractivity contribution in [3.8, 4) is 11.3 Å². The molecule has 1 heterocycles. The maximum absolute atomic E-state index is 9.06. The molecular formula is C13H12N2O. The van der Waals surface area contributed by atoms with Gasteiger partial charge in [0.1, 0.15) is 0 Å². The lowest BCUT2D eigenvalue weighted by atomic mass is 10.1. The van der Waals surface area contributed by atoms with Crippen LogP contribution in [-0.2, 0) is 6.61 Å².